The van der Waals surface area contributed by atoms with Gasteiger partial charge in [0, 0.05) is 68.6 Å². The molecule has 4 heterocycles. The molecule has 7 rings (SSSR count). The summed E-state index contributed by atoms with van der Waals surface area (Å²) in [4.78, 5) is 32.7. The van der Waals surface area contributed by atoms with E-state index in [1.165, 1.54) is 26.1 Å². The van der Waals surface area contributed by atoms with Gasteiger partial charge in [0.2, 0.25) is 5.91 Å². The number of rotatable bonds is 9. The Morgan fingerprint density at radius 2 is 1.82 bits per heavy atom. The summed E-state index contributed by atoms with van der Waals surface area (Å²) in [6.07, 6.45) is 8.87. The highest BCUT2D eigenvalue weighted by atomic mass is 32.2. The zero-order chi connectivity index (χ0) is 35.0. The molecular weight excluding hydrogens is 659 g/mol. The van der Waals surface area contributed by atoms with Gasteiger partial charge in [-0.2, -0.15) is 12.7 Å². The average molecular weight is 704 g/mol. The molecule has 0 radical (unpaired) electrons. The topological polar surface area (TPSA) is 136 Å². The molecule has 1 aliphatic carbocycles. The number of hydrogen-bond donors (Lipinski definition) is 1. The lowest BCUT2D eigenvalue weighted by atomic mass is 9.81. The van der Waals surface area contributed by atoms with Gasteiger partial charge in [0.25, 0.3) is 5.91 Å². The molecule has 12 nitrogen and oxygen atoms in total. The Balaban J connectivity index is 1.30. The first kappa shape index (κ1) is 34.3. The fourth-order valence-electron chi connectivity index (χ4n) is 7.71. The lowest BCUT2D eigenvalue weighted by Crippen LogP contribution is -2.40. The Hall–Kier alpha value is -4.20. The van der Waals surface area contributed by atoms with E-state index in [4.69, 9.17) is 18.9 Å². The fourth-order valence-corrected chi connectivity index (χ4v) is 8.24. The predicted octanol–water partition coefficient (Wildman–Crippen LogP) is 5.02. The monoisotopic (exact) mass is 703 g/mol. The molecule has 13 heteroatoms. The van der Waals surface area contributed by atoms with Crippen molar-refractivity contribution in [1.82, 2.24) is 23.5 Å². The molecule has 2 amide bonds. The number of oxazole rings is 1. The van der Waals surface area contributed by atoms with Gasteiger partial charge in [0.05, 0.1) is 38.1 Å². The number of aromatic nitrogens is 2. The number of hydrogen-bond acceptors (Lipinski definition) is 8. The van der Waals surface area contributed by atoms with Crippen molar-refractivity contribution < 1.29 is 31.9 Å². The second-order valence-electron chi connectivity index (χ2n) is 13.7. The van der Waals surface area contributed by atoms with Gasteiger partial charge in [0.1, 0.15) is 11.5 Å². The minimum absolute atomic E-state index is 0.0821. The predicted molar refractivity (Wildman–Crippen MR) is 188 cm³/mol. The quantitative estimate of drug-likeness (QED) is 0.257. The third-order valence-corrected chi connectivity index (χ3v) is 11.8. The molecule has 1 N–H and O–H groups in total. The van der Waals surface area contributed by atoms with E-state index in [-0.39, 0.29) is 17.4 Å². The van der Waals surface area contributed by atoms with E-state index >= 15 is 0 Å². The van der Waals surface area contributed by atoms with E-state index in [9.17, 15) is 18.0 Å². The van der Waals surface area contributed by atoms with Crippen molar-refractivity contribution in [1.29, 1.82) is 0 Å². The molecular formula is C37H45N5O7S. The van der Waals surface area contributed by atoms with Crippen LogP contribution in [0.5, 0.6) is 5.75 Å². The SMILES string of the molecule is COc1ccc2c(c1)C[C@H](c1ncc(CCC(=O)N3CCOCC3)o1)Cn1c-2c(C2CCCCC2)c2ccc(C(=O)NS(=O)(=O)N(C)C)cc21. The molecule has 4 aromatic rings. The molecule has 266 valence electrons. The molecule has 1 saturated carbocycles. The largest absolute Gasteiger partial charge is 0.497 e. The highest BCUT2D eigenvalue weighted by molar-refractivity contribution is 7.87. The van der Waals surface area contributed by atoms with Crippen molar-refractivity contribution in [3.63, 3.8) is 0 Å². The van der Waals surface area contributed by atoms with Crippen LogP contribution in [0.4, 0.5) is 0 Å². The maximum absolute atomic E-state index is 13.3. The van der Waals surface area contributed by atoms with Gasteiger partial charge in [-0.25, -0.2) is 9.71 Å². The Labute approximate surface area is 292 Å². The third-order valence-electron chi connectivity index (χ3n) is 10.4. The van der Waals surface area contributed by atoms with Gasteiger partial charge in [-0.3, -0.25) is 9.59 Å². The molecule has 50 heavy (non-hydrogen) atoms. The van der Waals surface area contributed by atoms with Gasteiger partial charge >= 0.3 is 10.2 Å². The van der Waals surface area contributed by atoms with Crippen LogP contribution in [0.2, 0.25) is 0 Å². The zero-order valence-corrected chi connectivity index (χ0v) is 29.8. The van der Waals surface area contributed by atoms with Crippen molar-refractivity contribution in [2.45, 2.75) is 69.7 Å². The molecule has 2 fully saturated rings. The van der Waals surface area contributed by atoms with Crippen LogP contribution in [0.15, 0.2) is 47.0 Å². The number of ether oxygens (including phenoxy) is 2. The highest BCUT2D eigenvalue weighted by Gasteiger charge is 2.33. The van der Waals surface area contributed by atoms with Gasteiger partial charge in [-0.15, -0.1) is 0 Å². The second-order valence-corrected chi connectivity index (χ2v) is 15.6. The van der Waals surface area contributed by atoms with Crippen LogP contribution >= 0.6 is 0 Å². The summed E-state index contributed by atoms with van der Waals surface area (Å²) in [7, 11) is 0.454. The first-order chi connectivity index (χ1) is 24.1. The van der Waals surface area contributed by atoms with Crippen molar-refractivity contribution in [2.75, 3.05) is 47.5 Å². The number of morpholine rings is 1. The van der Waals surface area contributed by atoms with Crippen molar-refractivity contribution in [3.8, 4) is 17.0 Å². The number of benzene rings is 2. The summed E-state index contributed by atoms with van der Waals surface area (Å²) >= 11 is 0. The van der Waals surface area contributed by atoms with Crippen molar-refractivity contribution in [2.24, 2.45) is 0 Å². The van der Waals surface area contributed by atoms with E-state index in [0.29, 0.717) is 69.7 Å². The number of nitrogens with zero attached hydrogens (tertiary/aromatic N) is 4. The van der Waals surface area contributed by atoms with E-state index in [1.54, 1.807) is 19.4 Å². The zero-order valence-electron chi connectivity index (χ0n) is 28.9. The van der Waals surface area contributed by atoms with Gasteiger partial charge in [-0.1, -0.05) is 25.3 Å². The van der Waals surface area contributed by atoms with E-state index in [0.717, 1.165) is 63.5 Å². The summed E-state index contributed by atoms with van der Waals surface area (Å²) in [6.45, 7) is 2.87. The van der Waals surface area contributed by atoms with Crippen LogP contribution < -0.4 is 9.46 Å². The summed E-state index contributed by atoms with van der Waals surface area (Å²) in [5, 5.41) is 1.07. The maximum Gasteiger partial charge on any atom is 0.303 e. The van der Waals surface area contributed by atoms with E-state index in [1.807, 2.05) is 23.1 Å². The molecule has 2 aliphatic heterocycles. The fraction of sp³-hybridized carbons (Fsp3) is 0.486. The molecule has 0 spiro atoms. The minimum Gasteiger partial charge on any atom is -0.497 e. The van der Waals surface area contributed by atoms with Gasteiger partial charge in [-0.05, 0) is 66.6 Å². The van der Waals surface area contributed by atoms with Crippen molar-refractivity contribution >= 4 is 32.9 Å². The van der Waals surface area contributed by atoms with Crippen LogP contribution in [0.25, 0.3) is 22.2 Å². The minimum atomic E-state index is -3.97. The van der Waals surface area contributed by atoms with Gasteiger partial charge < -0.3 is 23.4 Å². The normalized spacial score (nSPS) is 18.5. The van der Waals surface area contributed by atoms with E-state index < -0.39 is 16.1 Å². The van der Waals surface area contributed by atoms with Crippen molar-refractivity contribution in [3.05, 3.63) is 70.9 Å². The summed E-state index contributed by atoms with van der Waals surface area (Å²) in [6, 6.07) is 11.7. The lowest BCUT2D eigenvalue weighted by Gasteiger charge is -2.26. The molecule has 2 aromatic carbocycles. The Morgan fingerprint density at radius 3 is 2.56 bits per heavy atom. The van der Waals surface area contributed by atoms with E-state index in [2.05, 4.69) is 21.4 Å². The number of carbonyl (C=O) groups is 2. The number of amides is 2. The Bertz CT molecular complexity index is 2010. The number of fused-ring (bicyclic) bond motifs is 5. The smallest absolute Gasteiger partial charge is 0.303 e. The number of methoxy groups -OCH3 is 1. The molecule has 0 unspecified atom stereocenters. The Morgan fingerprint density at radius 1 is 1.04 bits per heavy atom. The number of carbonyl (C=O) groups excluding carboxylic acids is 2. The highest BCUT2D eigenvalue weighted by Crippen LogP contribution is 2.48. The second kappa shape index (κ2) is 14.2. The number of nitrogens with one attached hydrogen (secondary N) is 1. The summed E-state index contributed by atoms with van der Waals surface area (Å²) in [5.74, 6) is 1.61. The van der Waals surface area contributed by atoms with Crippen LogP contribution in [0, 0.1) is 0 Å². The Kier molecular flexibility index (Phi) is 9.73. The molecule has 0 bridgehead atoms. The molecule has 1 atom stereocenters. The standard InChI is InChI=1S/C37H45N5O7S/c1-40(2)50(45,46)39-36(44)25-9-12-31-32(21-25)42-23-27(37-38-22-29(49-37)11-14-33(43)41-15-17-48-18-16-41)19-26-20-28(47-3)10-13-30(26)35(42)34(31)24-7-5-4-6-8-24/h9-10,12-13,20-22,24,27H,4-8,11,14-19,23H2,1-3H3,(H,39,44)/t27-/m0/s1. The molecule has 3 aliphatic rings. The summed E-state index contributed by atoms with van der Waals surface area (Å²) < 4.78 is 48.0. The van der Waals surface area contributed by atoms with Gasteiger partial charge in [0.15, 0.2) is 5.89 Å². The van der Waals surface area contributed by atoms with Crippen LogP contribution in [-0.4, -0.2) is 86.5 Å². The lowest BCUT2D eigenvalue weighted by molar-refractivity contribution is -0.135. The maximum atomic E-state index is 13.3. The van der Waals surface area contributed by atoms with Crippen LogP contribution in [-0.2, 0) is 39.1 Å². The average Bonchev–Trinajstić information content (AvgIpc) is 3.68. The number of aryl methyl sites for hydroxylation is 1. The first-order valence-electron chi connectivity index (χ1n) is 17.5. The molecule has 2 aromatic heterocycles. The van der Waals surface area contributed by atoms with Crippen LogP contribution in [0.3, 0.4) is 0 Å². The third kappa shape index (κ3) is 6.78. The van der Waals surface area contributed by atoms with Crippen LogP contribution in [0.1, 0.15) is 83.5 Å². The molecule has 1 saturated heterocycles. The first-order valence-corrected chi connectivity index (χ1v) is 18.9. The summed E-state index contributed by atoms with van der Waals surface area (Å²) in [5.41, 5.74) is 5.74.